The summed E-state index contributed by atoms with van der Waals surface area (Å²) in [5, 5.41) is 0. The number of esters is 1. The van der Waals surface area contributed by atoms with Gasteiger partial charge >= 0.3 is 5.97 Å². The molecule has 4 atom stereocenters. The number of carbonyl (C=O) groups is 2. The second kappa shape index (κ2) is 2.92. The Morgan fingerprint density at radius 3 is 2.94 bits per heavy atom. The molecule has 5 nitrogen and oxygen atoms in total. The van der Waals surface area contributed by atoms with Crippen molar-refractivity contribution in [2.24, 2.45) is 5.92 Å². The maximum absolute atomic E-state index is 12.0. The summed E-state index contributed by atoms with van der Waals surface area (Å²) in [5.41, 5.74) is -0.821. The lowest BCUT2D eigenvalue weighted by Crippen LogP contribution is -2.49. The Morgan fingerprint density at radius 1 is 1.39 bits per heavy atom. The monoisotopic (exact) mass is 248 g/mol. The molecule has 0 aromatic rings. The molecule has 94 valence electrons. The smallest absolute Gasteiger partial charge is 0.331 e. The van der Waals surface area contributed by atoms with Crippen LogP contribution in [0, 0.1) is 5.92 Å². The van der Waals surface area contributed by atoms with Crippen molar-refractivity contribution >= 4 is 11.8 Å². The molecule has 2 fully saturated rings. The molecule has 0 radical (unpaired) electrons. The highest BCUT2D eigenvalue weighted by molar-refractivity contribution is 5.99. The fourth-order valence-corrected chi connectivity index (χ4v) is 3.63. The normalized spacial score (nSPS) is 48.6. The molecule has 0 aromatic carbocycles. The van der Waals surface area contributed by atoms with Crippen molar-refractivity contribution in [3.63, 3.8) is 0 Å². The molecule has 5 heteroatoms. The van der Waals surface area contributed by atoms with Gasteiger partial charge in [0.25, 0.3) is 0 Å². The van der Waals surface area contributed by atoms with Gasteiger partial charge in [-0.15, -0.1) is 0 Å². The van der Waals surface area contributed by atoms with Crippen LogP contribution in [0.1, 0.15) is 6.92 Å². The van der Waals surface area contributed by atoms with Crippen molar-refractivity contribution in [1.82, 2.24) is 0 Å². The van der Waals surface area contributed by atoms with E-state index in [2.05, 4.69) is 0 Å². The van der Waals surface area contributed by atoms with Gasteiger partial charge in [-0.25, -0.2) is 4.79 Å². The van der Waals surface area contributed by atoms with Crippen LogP contribution in [0.5, 0.6) is 0 Å². The van der Waals surface area contributed by atoms with E-state index < -0.39 is 23.3 Å². The number of hydrogen-bond acceptors (Lipinski definition) is 5. The third-order valence-electron chi connectivity index (χ3n) is 4.45. The fourth-order valence-electron chi connectivity index (χ4n) is 3.63. The Bertz CT molecular complexity index is 533. The van der Waals surface area contributed by atoms with Crippen LogP contribution in [-0.4, -0.2) is 42.3 Å². The van der Waals surface area contributed by atoms with Crippen LogP contribution in [0.2, 0.25) is 0 Å². The standard InChI is InChI=1S/C13H12O5/c1-7-4-10(15)17-13(7)9-5-16-6-12(9)3-2-8(14)11(13)18-12/h2-4,9,11H,5-6H2,1H3. The van der Waals surface area contributed by atoms with E-state index in [0.29, 0.717) is 13.2 Å². The van der Waals surface area contributed by atoms with E-state index in [1.807, 2.05) is 6.92 Å². The predicted molar refractivity (Wildman–Crippen MR) is 58.6 cm³/mol. The lowest BCUT2D eigenvalue weighted by Gasteiger charge is -2.32. The summed E-state index contributed by atoms with van der Waals surface area (Å²) in [7, 11) is 0. The molecular weight excluding hydrogens is 236 g/mol. The lowest BCUT2D eigenvalue weighted by molar-refractivity contribution is -0.159. The highest BCUT2D eigenvalue weighted by Crippen LogP contribution is 2.56. The lowest BCUT2D eigenvalue weighted by atomic mass is 9.75. The van der Waals surface area contributed by atoms with Crippen molar-refractivity contribution in [2.75, 3.05) is 13.2 Å². The molecule has 2 bridgehead atoms. The van der Waals surface area contributed by atoms with Gasteiger partial charge in [-0.05, 0) is 24.6 Å². The molecule has 4 unspecified atom stereocenters. The topological polar surface area (TPSA) is 61.8 Å². The van der Waals surface area contributed by atoms with Crippen LogP contribution in [0.4, 0.5) is 0 Å². The number of rotatable bonds is 0. The maximum Gasteiger partial charge on any atom is 0.331 e. The zero-order chi connectivity index (χ0) is 12.5. The van der Waals surface area contributed by atoms with Gasteiger partial charge in [-0.1, -0.05) is 0 Å². The van der Waals surface area contributed by atoms with Crippen LogP contribution < -0.4 is 0 Å². The number of carbonyl (C=O) groups excluding carboxylic acids is 2. The van der Waals surface area contributed by atoms with Crippen LogP contribution in [-0.2, 0) is 23.8 Å². The van der Waals surface area contributed by atoms with Gasteiger partial charge in [0.1, 0.15) is 5.60 Å². The molecule has 4 heterocycles. The van der Waals surface area contributed by atoms with Gasteiger partial charge in [0.2, 0.25) is 0 Å². The van der Waals surface area contributed by atoms with Crippen molar-refractivity contribution in [3.05, 3.63) is 23.8 Å². The van der Waals surface area contributed by atoms with E-state index in [4.69, 9.17) is 14.2 Å². The molecule has 2 spiro atoms. The first-order valence-electron chi connectivity index (χ1n) is 5.99. The molecule has 0 aromatic heterocycles. The Kier molecular flexibility index (Phi) is 1.70. The molecule has 4 rings (SSSR count). The number of hydrogen-bond donors (Lipinski definition) is 0. The average Bonchev–Trinajstić information content (AvgIpc) is 2.90. The zero-order valence-corrected chi connectivity index (χ0v) is 9.84. The summed E-state index contributed by atoms with van der Waals surface area (Å²) in [5.74, 6) is -0.684. The van der Waals surface area contributed by atoms with E-state index in [1.165, 1.54) is 12.2 Å². The third-order valence-corrected chi connectivity index (χ3v) is 4.45. The second-order valence-corrected chi connectivity index (χ2v) is 5.30. The zero-order valence-electron chi connectivity index (χ0n) is 9.84. The van der Waals surface area contributed by atoms with E-state index in [0.717, 1.165) is 5.57 Å². The molecule has 0 aliphatic carbocycles. The van der Waals surface area contributed by atoms with Gasteiger partial charge in [-0.3, -0.25) is 4.79 Å². The van der Waals surface area contributed by atoms with Gasteiger partial charge in [0.15, 0.2) is 17.5 Å². The van der Waals surface area contributed by atoms with Crippen LogP contribution in [0.25, 0.3) is 0 Å². The average molecular weight is 248 g/mol. The molecule has 0 amide bonds. The molecule has 4 aliphatic rings. The number of ether oxygens (including phenoxy) is 3. The minimum atomic E-state index is -0.964. The minimum Gasteiger partial charge on any atom is -0.448 e. The van der Waals surface area contributed by atoms with E-state index in [-0.39, 0.29) is 11.7 Å². The maximum atomic E-state index is 12.0. The minimum absolute atomic E-state index is 0.139. The Balaban J connectivity index is 1.93. The summed E-state index contributed by atoms with van der Waals surface area (Å²) in [4.78, 5) is 23.6. The summed E-state index contributed by atoms with van der Waals surface area (Å²) >= 11 is 0. The Hall–Kier alpha value is -1.46. The SMILES string of the molecule is CC1=CC(=O)OC12C1OC3(C=CC1=O)COCC32. The fraction of sp³-hybridized carbons (Fsp3) is 0.538. The van der Waals surface area contributed by atoms with Gasteiger partial charge in [0.05, 0.1) is 19.1 Å². The van der Waals surface area contributed by atoms with E-state index in [9.17, 15) is 9.59 Å². The van der Waals surface area contributed by atoms with Gasteiger partial charge in [-0.2, -0.15) is 0 Å². The van der Waals surface area contributed by atoms with Crippen LogP contribution in [0.15, 0.2) is 23.8 Å². The number of fused-ring (bicyclic) bond motifs is 3. The summed E-state index contributed by atoms with van der Waals surface area (Å²) in [6, 6.07) is 0. The molecule has 18 heavy (non-hydrogen) atoms. The molecular formula is C13H12O5. The highest BCUT2D eigenvalue weighted by atomic mass is 16.6. The van der Waals surface area contributed by atoms with Crippen LogP contribution in [0.3, 0.4) is 0 Å². The summed E-state index contributed by atoms with van der Waals surface area (Å²) in [6.45, 7) is 2.66. The second-order valence-electron chi connectivity index (χ2n) is 5.30. The summed E-state index contributed by atoms with van der Waals surface area (Å²) in [6.07, 6.45) is 4.02. The number of ketones is 1. The van der Waals surface area contributed by atoms with Crippen molar-refractivity contribution in [1.29, 1.82) is 0 Å². The Labute approximate surface area is 103 Å². The first kappa shape index (κ1) is 10.5. The quantitative estimate of drug-likeness (QED) is 0.571. The van der Waals surface area contributed by atoms with Crippen molar-refractivity contribution in [2.45, 2.75) is 24.2 Å². The first-order valence-corrected chi connectivity index (χ1v) is 5.99. The van der Waals surface area contributed by atoms with Crippen LogP contribution >= 0.6 is 0 Å². The molecule has 0 saturated carbocycles. The molecule has 4 aliphatic heterocycles. The third kappa shape index (κ3) is 0.930. The van der Waals surface area contributed by atoms with E-state index >= 15 is 0 Å². The largest absolute Gasteiger partial charge is 0.448 e. The predicted octanol–water partition coefficient (Wildman–Crippen LogP) is 0.151. The van der Waals surface area contributed by atoms with E-state index in [1.54, 1.807) is 6.08 Å². The Morgan fingerprint density at radius 2 is 2.22 bits per heavy atom. The molecule has 2 saturated heterocycles. The van der Waals surface area contributed by atoms with Crippen molar-refractivity contribution < 1.29 is 23.8 Å². The highest BCUT2D eigenvalue weighted by Gasteiger charge is 2.72. The van der Waals surface area contributed by atoms with Gasteiger partial charge < -0.3 is 14.2 Å². The van der Waals surface area contributed by atoms with Gasteiger partial charge in [0, 0.05) is 6.08 Å². The van der Waals surface area contributed by atoms with Crippen molar-refractivity contribution in [3.8, 4) is 0 Å². The first-order chi connectivity index (χ1) is 8.58. The summed E-state index contributed by atoms with van der Waals surface area (Å²) < 4.78 is 16.9. The molecule has 0 N–H and O–H groups in total.